The molecule has 0 saturated heterocycles. The number of nitrogens with one attached hydrogen (secondary N) is 1. The van der Waals surface area contributed by atoms with Gasteiger partial charge in [-0.3, -0.25) is 0 Å². The molecule has 0 aromatic carbocycles. The van der Waals surface area contributed by atoms with Crippen molar-refractivity contribution in [3.05, 3.63) is 23.0 Å². The molecule has 0 aliphatic heterocycles. The van der Waals surface area contributed by atoms with Gasteiger partial charge in [-0.25, -0.2) is 17.9 Å². The van der Waals surface area contributed by atoms with Crippen LogP contribution >= 0.6 is 11.3 Å². The van der Waals surface area contributed by atoms with Crippen LogP contribution in [0.4, 0.5) is 4.79 Å². The van der Waals surface area contributed by atoms with Crippen LogP contribution < -0.4 is 4.72 Å². The van der Waals surface area contributed by atoms with E-state index >= 15 is 0 Å². The van der Waals surface area contributed by atoms with E-state index in [1.165, 1.54) is 22.8 Å². The summed E-state index contributed by atoms with van der Waals surface area (Å²) in [6.45, 7) is 0. The summed E-state index contributed by atoms with van der Waals surface area (Å²) < 4.78 is 25.6. The van der Waals surface area contributed by atoms with Gasteiger partial charge >= 0.3 is 6.03 Å². The molecule has 0 aliphatic rings. The van der Waals surface area contributed by atoms with E-state index < -0.39 is 21.9 Å². The number of carbonyl (C=O) groups is 1. The lowest BCUT2D eigenvalue weighted by Gasteiger charge is -2.03. The maximum Gasteiger partial charge on any atom is 0.357 e. The highest BCUT2D eigenvalue weighted by atomic mass is 32.2. The highest BCUT2D eigenvalue weighted by Gasteiger charge is 2.19. The highest BCUT2D eigenvalue weighted by Crippen LogP contribution is 2.12. The Kier molecular flexibility index (Phi) is 2.81. The van der Waals surface area contributed by atoms with Crippen molar-refractivity contribution in [1.82, 2.24) is 19.7 Å². The molecular formula is C7H6N4O4S2. The van der Waals surface area contributed by atoms with E-state index in [1.807, 2.05) is 0 Å². The Bertz CT molecular complexity index is 631. The molecule has 10 heteroatoms. The molecule has 1 amide bonds. The van der Waals surface area contributed by atoms with Crippen LogP contribution in [0.2, 0.25) is 0 Å². The summed E-state index contributed by atoms with van der Waals surface area (Å²) in [5, 5.41) is 18.2. The van der Waals surface area contributed by atoms with Crippen molar-refractivity contribution in [2.24, 2.45) is 0 Å². The maximum atomic E-state index is 11.6. The van der Waals surface area contributed by atoms with Crippen molar-refractivity contribution in [1.29, 1.82) is 0 Å². The molecule has 2 rings (SSSR count). The summed E-state index contributed by atoms with van der Waals surface area (Å²) >= 11 is 1.19. The van der Waals surface area contributed by atoms with Gasteiger partial charge in [-0.15, -0.1) is 0 Å². The number of nitrogens with zero attached hydrogens (tertiary/aromatic N) is 3. The second-order valence-electron chi connectivity index (χ2n) is 2.89. The van der Waals surface area contributed by atoms with Crippen molar-refractivity contribution in [3.8, 4) is 5.88 Å². The van der Waals surface area contributed by atoms with E-state index in [0.29, 0.717) is 4.68 Å². The lowest BCUT2D eigenvalue weighted by atomic mass is 10.7. The molecule has 0 fully saturated rings. The number of thiophene rings is 1. The van der Waals surface area contributed by atoms with E-state index in [0.717, 1.165) is 6.20 Å². The largest absolute Gasteiger partial charge is 0.491 e. The lowest BCUT2D eigenvalue weighted by Crippen LogP contribution is -2.34. The van der Waals surface area contributed by atoms with Gasteiger partial charge in [0.1, 0.15) is 0 Å². The Morgan fingerprint density at radius 1 is 1.53 bits per heavy atom. The third-order valence-electron chi connectivity index (χ3n) is 1.72. The molecule has 17 heavy (non-hydrogen) atoms. The molecule has 2 aromatic heterocycles. The van der Waals surface area contributed by atoms with Crippen LogP contribution in [-0.2, 0) is 10.0 Å². The molecule has 0 radical (unpaired) electrons. The van der Waals surface area contributed by atoms with Gasteiger partial charge in [0.2, 0.25) is 0 Å². The molecule has 2 aromatic rings. The van der Waals surface area contributed by atoms with Crippen LogP contribution in [-0.4, -0.2) is 34.5 Å². The quantitative estimate of drug-likeness (QED) is 0.796. The summed E-state index contributed by atoms with van der Waals surface area (Å²) in [7, 11) is -3.91. The van der Waals surface area contributed by atoms with E-state index in [4.69, 9.17) is 5.11 Å². The predicted octanol–water partition coefficient (Wildman–Crippen LogP) is -0.00820. The second-order valence-corrected chi connectivity index (χ2v) is 5.35. The van der Waals surface area contributed by atoms with Gasteiger partial charge in [0, 0.05) is 5.38 Å². The number of hydrogen-bond donors (Lipinski definition) is 2. The minimum Gasteiger partial charge on any atom is -0.491 e. The smallest absolute Gasteiger partial charge is 0.357 e. The van der Waals surface area contributed by atoms with Crippen molar-refractivity contribution < 1.29 is 18.3 Å². The van der Waals surface area contributed by atoms with E-state index in [9.17, 15) is 13.2 Å². The minimum atomic E-state index is -3.91. The zero-order chi connectivity index (χ0) is 12.5. The first-order chi connectivity index (χ1) is 7.99. The fourth-order valence-electron chi connectivity index (χ4n) is 0.980. The Balaban J connectivity index is 2.20. The molecule has 2 heterocycles. The van der Waals surface area contributed by atoms with Crippen LogP contribution in [0.15, 0.2) is 27.9 Å². The molecule has 0 spiro atoms. The normalized spacial score (nSPS) is 11.3. The molecule has 0 aliphatic carbocycles. The molecule has 0 bridgehead atoms. The Morgan fingerprint density at radius 2 is 2.29 bits per heavy atom. The average molecular weight is 274 g/mol. The van der Waals surface area contributed by atoms with Crippen LogP contribution in [0.5, 0.6) is 5.88 Å². The van der Waals surface area contributed by atoms with E-state index in [2.05, 4.69) is 10.3 Å². The van der Waals surface area contributed by atoms with Gasteiger partial charge in [0.05, 0.1) is 11.1 Å². The second kappa shape index (κ2) is 4.14. The van der Waals surface area contributed by atoms with Crippen molar-refractivity contribution in [3.63, 3.8) is 0 Å². The monoisotopic (exact) mass is 274 g/mol. The number of carbonyl (C=O) groups excluding carboxylic acids is 1. The standard InChI is InChI=1S/C7H6N4O4S2/c12-6-3-11(10-8-6)7(13)9-17(14,15)5-1-2-16-4-5/h1-4,12H,(H,9,13). The number of aromatic nitrogens is 3. The minimum absolute atomic E-state index is 0.0137. The topological polar surface area (TPSA) is 114 Å². The number of sulfonamides is 1. The summed E-state index contributed by atoms with van der Waals surface area (Å²) in [6.07, 6.45) is 0.887. The van der Waals surface area contributed by atoms with Crippen molar-refractivity contribution in [2.75, 3.05) is 0 Å². The molecule has 0 atom stereocenters. The first-order valence-electron chi connectivity index (χ1n) is 4.20. The number of amides is 1. The SMILES string of the molecule is O=C(NS(=O)(=O)c1ccsc1)n1cc(O)nn1. The molecule has 0 unspecified atom stereocenters. The maximum absolute atomic E-state index is 11.6. The van der Waals surface area contributed by atoms with E-state index in [-0.39, 0.29) is 4.90 Å². The van der Waals surface area contributed by atoms with Gasteiger partial charge in [-0.1, -0.05) is 10.3 Å². The number of rotatable bonds is 2. The Hall–Kier alpha value is -1.94. The summed E-state index contributed by atoms with van der Waals surface area (Å²) in [4.78, 5) is 11.4. The Labute approximate surface area is 99.6 Å². The van der Waals surface area contributed by atoms with Crippen LogP contribution in [0.25, 0.3) is 0 Å². The number of hydrogen-bond acceptors (Lipinski definition) is 7. The van der Waals surface area contributed by atoms with Crippen LogP contribution in [0, 0.1) is 0 Å². The van der Waals surface area contributed by atoms with Gasteiger partial charge in [-0.2, -0.15) is 16.0 Å². The number of aromatic hydroxyl groups is 1. The molecular weight excluding hydrogens is 268 g/mol. The van der Waals surface area contributed by atoms with Gasteiger partial charge in [0.25, 0.3) is 15.9 Å². The predicted molar refractivity (Wildman–Crippen MR) is 57.1 cm³/mol. The van der Waals surface area contributed by atoms with Gasteiger partial charge in [0.15, 0.2) is 0 Å². The van der Waals surface area contributed by atoms with Crippen LogP contribution in [0.3, 0.4) is 0 Å². The summed E-state index contributed by atoms with van der Waals surface area (Å²) in [6, 6.07) is 0.336. The molecule has 90 valence electrons. The molecule has 0 saturated carbocycles. The third kappa shape index (κ3) is 2.42. The lowest BCUT2D eigenvalue weighted by molar-refractivity contribution is 0.244. The highest BCUT2D eigenvalue weighted by molar-refractivity contribution is 7.90. The van der Waals surface area contributed by atoms with Crippen LogP contribution in [0.1, 0.15) is 0 Å². The zero-order valence-corrected chi connectivity index (χ0v) is 9.77. The fourth-order valence-corrected chi connectivity index (χ4v) is 2.94. The van der Waals surface area contributed by atoms with Gasteiger partial charge < -0.3 is 5.11 Å². The molecule has 2 N–H and O–H groups in total. The van der Waals surface area contributed by atoms with Gasteiger partial charge in [-0.05, 0) is 11.4 Å². The summed E-state index contributed by atoms with van der Waals surface area (Å²) in [5.41, 5.74) is 0. The Morgan fingerprint density at radius 3 is 2.82 bits per heavy atom. The first-order valence-corrected chi connectivity index (χ1v) is 6.62. The van der Waals surface area contributed by atoms with Crippen molar-refractivity contribution >= 4 is 27.4 Å². The molecule has 8 nitrogen and oxygen atoms in total. The average Bonchev–Trinajstić information content (AvgIpc) is 2.86. The zero-order valence-electron chi connectivity index (χ0n) is 8.14. The fraction of sp³-hybridized carbons (Fsp3) is 0. The van der Waals surface area contributed by atoms with E-state index in [1.54, 1.807) is 10.1 Å². The van der Waals surface area contributed by atoms with Crippen molar-refractivity contribution in [2.45, 2.75) is 4.90 Å². The summed E-state index contributed by atoms with van der Waals surface area (Å²) in [5.74, 6) is -0.479. The third-order valence-corrected chi connectivity index (χ3v) is 3.87. The first kappa shape index (κ1) is 11.5.